The maximum absolute atomic E-state index is 5.31. The quantitative estimate of drug-likeness (QED) is 0.414. The van der Waals surface area contributed by atoms with Gasteiger partial charge >= 0.3 is 0 Å². The molecule has 0 spiro atoms. The Balaban J connectivity index is 2.39. The third-order valence-corrected chi connectivity index (χ3v) is 3.04. The Morgan fingerprint density at radius 1 is 0.500 bits per heavy atom. The fourth-order valence-corrected chi connectivity index (χ4v) is 2.31. The summed E-state index contributed by atoms with van der Waals surface area (Å²) in [7, 11) is 0. The summed E-state index contributed by atoms with van der Waals surface area (Å²) < 4.78 is 0. The van der Waals surface area contributed by atoms with E-state index in [1.54, 1.807) is 0 Å². The normalized spacial score (nSPS) is 12.8. The smallest absolute Gasteiger partial charge is 0.194 e. The first kappa shape index (κ1) is 7.99. The molecule has 2 bridgehead atoms. The van der Waals surface area contributed by atoms with Crippen molar-refractivity contribution in [1.82, 2.24) is 0 Å². The Bertz CT molecular complexity index is 597. The van der Waals surface area contributed by atoms with E-state index < -0.39 is 0 Å². The molecule has 16 heavy (non-hydrogen) atoms. The molecule has 2 aliphatic heterocycles. The van der Waals surface area contributed by atoms with Crippen molar-refractivity contribution in [2.45, 2.75) is 0 Å². The fraction of sp³-hybridized carbons (Fsp3) is 0. The van der Waals surface area contributed by atoms with Crippen molar-refractivity contribution in [3.05, 3.63) is 48.5 Å². The van der Waals surface area contributed by atoms with Crippen molar-refractivity contribution in [2.75, 3.05) is 0 Å². The minimum Gasteiger partial charge on any atom is -0.289 e. The Kier molecular flexibility index (Phi) is 1.33. The maximum Gasteiger partial charge on any atom is 0.194 e. The molecular weight excluding hydrogens is 200 g/mol. The summed E-state index contributed by atoms with van der Waals surface area (Å²) >= 11 is 0. The van der Waals surface area contributed by atoms with Crippen LogP contribution in [0.25, 0.3) is 21.5 Å². The topological polar surface area (TPSA) is 18.5 Å². The molecule has 0 atom stereocenters. The first-order chi connectivity index (χ1) is 7.95. The van der Waals surface area contributed by atoms with Crippen LogP contribution in [0.2, 0.25) is 0 Å². The van der Waals surface area contributed by atoms with E-state index >= 15 is 0 Å². The lowest BCUT2D eigenvalue weighted by Crippen LogP contribution is -2.08. The molecule has 2 heterocycles. The molecule has 0 aromatic heterocycles. The Labute approximate surface area is 91.9 Å². The first-order valence-electron chi connectivity index (χ1n) is 5.23. The van der Waals surface area contributed by atoms with Crippen molar-refractivity contribution in [3.63, 3.8) is 0 Å². The molecule has 0 N–H and O–H groups in total. The number of rotatable bonds is 0. The van der Waals surface area contributed by atoms with Gasteiger partial charge in [0, 0.05) is 21.5 Å². The third kappa shape index (κ3) is 0.823. The minimum atomic E-state index is 0.821. The molecule has 5 rings (SSSR count). The Hall–Kier alpha value is -2.22. The highest BCUT2D eigenvalue weighted by Gasteiger charge is 2.22. The minimum absolute atomic E-state index is 0.821. The van der Waals surface area contributed by atoms with Crippen LogP contribution in [0, 0.1) is 0 Å². The summed E-state index contributed by atoms with van der Waals surface area (Å²) in [4.78, 5) is 10.6. The molecule has 2 heteroatoms. The molecule has 0 fully saturated rings. The third-order valence-electron chi connectivity index (χ3n) is 3.04. The summed E-state index contributed by atoms with van der Waals surface area (Å²) in [5.41, 5.74) is 0. The molecule has 76 valence electrons. The lowest BCUT2D eigenvalue weighted by molar-refractivity contribution is -0.0982. The van der Waals surface area contributed by atoms with E-state index in [1.807, 2.05) is 24.3 Å². The van der Waals surface area contributed by atoms with Crippen LogP contribution in [-0.4, -0.2) is 0 Å². The van der Waals surface area contributed by atoms with E-state index in [2.05, 4.69) is 24.3 Å². The zero-order valence-corrected chi connectivity index (χ0v) is 8.44. The van der Waals surface area contributed by atoms with E-state index in [1.165, 1.54) is 0 Å². The summed E-state index contributed by atoms with van der Waals surface area (Å²) in [5.74, 6) is 1.64. The zero-order valence-electron chi connectivity index (χ0n) is 8.44. The number of benzene rings is 3. The highest BCUT2D eigenvalue weighted by Crippen LogP contribution is 2.46. The van der Waals surface area contributed by atoms with E-state index in [0.29, 0.717) is 0 Å². The highest BCUT2D eigenvalue weighted by molar-refractivity contribution is 6.11. The van der Waals surface area contributed by atoms with E-state index in [9.17, 15) is 0 Å². The maximum atomic E-state index is 5.31. The van der Waals surface area contributed by atoms with Crippen LogP contribution >= 0.6 is 0 Å². The highest BCUT2D eigenvalue weighted by atomic mass is 17.2. The van der Waals surface area contributed by atoms with Gasteiger partial charge in [-0.05, 0) is 0 Å². The van der Waals surface area contributed by atoms with Gasteiger partial charge in [0.1, 0.15) is 0 Å². The monoisotopic (exact) mass is 208 g/mol. The average molecular weight is 208 g/mol. The lowest BCUT2D eigenvalue weighted by atomic mass is 10.0. The molecule has 0 aliphatic carbocycles. The predicted molar refractivity (Wildman–Crippen MR) is 62.7 cm³/mol. The predicted octanol–water partition coefficient (Wildman–Crippen LogP) is 3.68. The molecule has 3 aromatic carbocycles. The standard InChI is InChI=1S/C14H8O2/c1-2-6-10-9(5-1)13-11-7-3-4-8-12(11)14(10)16-15-13/h1-8H. The van der Waals surface area contributed by atoms with E-state index in [-0.39, 0.29) is 0 Å². The van der Waals surface area contributed by atoms with Crippen LogP contribution in [-0.2, 0) is 0 Å². The molecule has 0 unspecified atom stereocenters. The fourth-order valence-electron chi connectivity index (χ4n) is 2.31. The number of hydrogen-bond acceptors (Lipinski definition) is 2. The van der Waals surface area contributed by atoms with Crippen molar-refractivity contribution in [3.8, 4) is 11.5 Å². The van der Waals surface area contributed by atoms with E-state index in [4.69, 9.17) is 9.78 Å². The summed E-state index contributed by atoms with van der Waals surface area (Å²) in [6, 6.07) is 16.3. The van der Waals surface area contributed by atoms with Gasteiger partial charge in [-0.2, -0.15) is 0 Å². The van der Waals surface area contributed by atoms with Crippen molar-refractivity contribution < 1.29 is 9.78 Å². The summed E-state index contributed by atoms with van der Waals surface area (Å²) in [6.45, 7) is 0. The molecule has 2 nitrogen and oxygen atoms in total. The van der Waals surface area contributed by atoms with Gasteiger partial charge in [-0.25, -0.2) is 0 Å². The van der Waals surface area contributed by atoms with Crippen LogP contribution < -0.4 is 9.78 Å². The van der Waals surface area contributed by atoms with Crippen molar-refractivity contribution >= 4 is 21.5 Å². The van der Waals surface area contributed by atoms with Gasteiger partial charge in [0.25, 0.3) is 0 Å². The van der Waals surface area contributed by atoms with Gasteiger partial charge in [0.2, 0.25) is 0 Å². The molecule has 0 radical (unpaired) electrons. The SMILES string of the molecule is c1ccc2c3c4ccccc4c(c2c1)OO3. The van der Waals surface area contributed by atoms with Gasteiger partial charge in [-0.3, -0.25) is 9.78 Å². The van der Waals surface area contributed by atoms with Gasteiger partial charge in [-0.15, -0.1) is 0 Å². The van der Waals surface area contributed by atoms with E-state index in [0.717, 1.165) is 33.0 Å². The molecular formula is C14H8O2. The van der Waals surface area contributed by atoms with Crippen LogP contribution in [0.1, 0.15) is 0 Å². The van der Waals surface area contributed by atoms with Gasteiger partial charge in [0.05, 0.1) is 0 Å². The van der Waals surface area contributed by atoms with Crippen LogP contribution in [0.4, 0.5) is 0 Å². The second-order valence-corrected chi connectivity index (χ2v) is 3.92. The largest absolute Gasteiger partial charge is 0.289 e. The van der Waals surface area contributed by atoms with Crippen molar-refractivity contribution in [2.24, 2.45) is 0 Å². The first-order valence-corrected chi connectivity index (χ1v) is 5.23. The molecule has 2 aliphatic rings. The molecule has 0 amide bonds. The average Bonchev–Trinajstić information content (AvgIpc) is 2.40. The van der Waals surface area contributed by atoms with Gasteiger partial charge < -0.3 is 0 Å². The summed E-state index contributed by atoms with van der Waals surface area (Å²) in [5, 5.41) is 4.45. The number of fused-ring (bicyclic) bond motifs is 1. The number of hydrogen-bond donors (Lipinski definition) is 0. The van der Waals surface area contributed by atoms with Crippen LogP contribution in [0.5, 0.6) is 11.5 Å². The molecule has 0 saturated heterocycles. The lowest BCUT2D eigenvalue weighted by Gasteiger charge is -2.20. The Morgan fingerprint density at radius 3 is 1.12 bits per heavy atom. The zero-order chi connectivity index (χ0) is 10.5. The van der Waals surface area contributed by atoms with Crippen molar-refractivity contribution in [1.29, 1.82) is 0 Å². The second-order valence-electron chi connectivity index (χ2n) is 3.92. The molecule has 3 aromatic rings. The van der Waals surface area contributed by atoms with Crippen LogP contribution in [0.3, 0.4) is 0 Å². The summed E-state index contributed by atoms with van der Waals surface area (Å²) in [6.07, 6.45) is 0. The van der Waals surface area contributed by atoms with Gasteiger partial charge in [0.15, 0.2) is 11.5 Å². The Morgan fingerprint density at radius 2 is 0.812 bits per heavy atom. The van der Waals surface area contributed by atoms with Gasteiger partial charge in [-0.1, -0.05) is 48.5 Å². The molecule has 0 saturated carbocycles. The second kappa shape index (κ2) is 2.67. The van der Waals surface area contributed by atoms with Crippen LogP contribution in [0.15, 0.2) is 48.5 Å².